The minimum atomic E-state index is -1.69. The maximum absolute atomic E-state index is 14.5. The lowest BCUT2D eigenvalue weighted by atomic mass is 9.37. The highest BCUT2D eigenvalue weighted by Crippen LogP contribution is 2.68. The summed E-state index contributed by atoms with van der Waals surface area (Å²) in [6.45, 7) is 7.90. The molecule has 2 heterocycles. The lowest BCUT2D eigenvalue weighted by Crippen LogP contribution is -2.74. The molecule has 0 bridgehead atoms. The molecule has 5 aliphatic rings. The molecule has 3 saturated carbocycles. The molecule has 40 heavy (non-hydrogen) atoms. The highest BCUT2D eigenvalue weighted by atomic mass is 16.7. The van der Waals surface area contributed by atoms with E-state index in [1.807, 2.05) is 13.8 Å². The van der Waals surface area contributed by atoms with E-state index in [4.69, 9.17) is 18.9 Å². The third-order valence-electron chi connectivity index (χ3n) is 10.9. The van der Waals surface area contributed by atoms with Gasteiger partial charge in [-0.3, -0.25) is 19.2 Å². The first kappa shape index (κ1) is 29.5. The highest BCUT2D eigenvalue weighted by Gasteiger charge is 2.74. The zero-order chi connectivity index (χ0) is 29.5. The van der Waals surface area contributed by atoms with Crippen molar-refractivity contribution in [2.75, 3.05) is 6.61 Å². The van der Waals surface area contributed by atoms with Crippen LogP contribution in [0.15, 0.2) is 0 Å². The van der Waals surface area contributed by atoms with Gasteiger partial charge in [-0.05, 0) is 30.6 Å². The second-order valence-corrected chi connectivity index (χ2v) is 12.9. The number of ether oxygens (including phenoxy) is 4. The molecule has 5 rings (SSSR count). The minimum absolute atomic E-state index is 0.0124. The topological polar surface area (TPSA) is 186 Å². The summed E-state index contributed by atoms with van der Waals surface area (Å²) in [6.07, 6.45) is -9.98. The number of hydrogen-bond donors (Lipinski definition) is 4. The summed E-state index contributed by atoms with van der Waals surface area (Å²) in [5.74, 6) is -4.12. The summed E-state index contributed by atoms with van der Waals surface area (Å²) in [5.41, 5.74) is -2.10. The van der Waals surface area contributed by atoms with E-state index in [9.17, 15) is 39.6 Å². The molecule has 0 aromatic rings. The van der Waals surface area contributed by atoms with Crippen LogP contribution < -0.4 is 0 Å². The van der Waals surface area contributed by atoms with E-state index in [0.717, 1.165) is 0 Å². The molecule has 0 unspecified atom stereocenters. The Balaban J connectivity index is 1.56. The Kier molecular flexibility index (Phi) is 7.45. The SMILES string of the molecule is CC(=O)O[C@@H]1C(=O)[C@H](C)[C@@H]2CC(=O)O[C@@H]3C[C@H]4[C@H](C)C[C@H](O[C@H]5O[C@H](CO)[C@@H](O)[C@@H](O)[C@H]5O)C(=O)[C@]4(C)[C@@H]1[C@@]32C. The third kappa shape index (κ3) is 4.09. The summed E-state index contributed by atoms with van der Waals surface area (Å²) in [4.78, 5) is 53.2. The van der Waals surface area contributed by atoms with Gasteiger partial charge >= 0.3 is 11.9 Å². The summed E-state index contributed by atoms with van der Waals surface area (Å²) in [6, 6.07) is 0. The predicted molar refractivity (Wildman–Crippen MR) is 133 cm³/mol. The Morgan fingerprint density at radius 3 is 2.33 bits per heavy atom. The quantitative estimate of drug-likeness (QED) is 0.252. The van der Waals surface area contributed by atoms with E-state index in [2.05, 4.69) is 0 Å². The van der Waals surface area contributed by atoms with Gasteiger partial charge in [-0.1, -0.05) is 27.7 Å². The number of esters is 2. The normalized spacial score (nSPS) is 52.3. The molecule has 4 N–H and O–H groups in total. The second kappa shape index (κ2) is 10.1. The van der Waals surface area contributed by atoms with Crippen LogP contribution >= 0.6 is 0 Å². The van der Waals surface area contributed by atoms with Gasteiger partial charge in [-0.2, -0.15) is 0 Å². The number of aliphatic hydroxyl groups excluding tert-OH is 4. The fraction of sp³-hybridized carbons (Fsp3) is 0.857. The molecule has 224 valence electrons. The van der Waals surface area contributed by atoms with E-state index < -0.39 is 90.2 Å². The number of hydrogen-bond acceptors (Lipinski definition) is 12. The Morgan fingerprint density at radius 2 is 1.70 bits per heavy atom. The number of aliphatic hydroxyl groups is 4. The van der Waals surface area contributed by atoms with Gasteiger partial charge < -0.3 is 39.4 Å². The number of fused-ring (bicyclic) bond motifs is 2. The van der Waals surface area contributed by atoms with E-state index in [-0.39, 0.29) is 42.2 Å². The average Bonchev–Trinajstić information content (AvgIpc) is 2.89. The van der Waals surface area contributed by atoms with E-state index >= 15 is 0 Å². The Hall–Kier alpha value is -1.96. The van der Waals surface area contributed by atoms with Crippen LogP contribution in [-0.2, 0) is 38.1 Å². The summed E-state index contributed by atoms with van der Waals surface area (Å²) in [7, 11) is 0. The summed E-state index contributed by atoms with van der Waals surface area (Å²) >= 11 is 0. The van der Waals surface area contributed by atoms with Crippen molar-refractivity contribution in [2.24, 2.45) is 40.4 Å². The third-order valence-corrected chi connectivity index (χ3v) is 10.9. The fourth-order valence-electron chi connectivity index (χ4n) is 8.91. The van der Waals surface area contributed by atoms with Crippen LogP contribution in [-0.4, -0.2) is 99.6 Å². The molecule has 0 amide bonds. The molecule has 0 spiro atoms. The zero-order valence-electron chi connectivity index (χ0n) is 23.4. The molecular formula is C28H40O12. The van der Waals surface area contributed by atoms with Crippen molar-refractivity contribution < 1.29 is 58.6 Å². The van der Waals surface area contributed by atoms with Crippen LogP contribution in [0.3, 0.4) is 0 Å². The average molecular weight is 569 g/mol. The van der Waals surface area contributed by atoms with Gasteiger partial charge in [-0.15, -0.1) is 0 Å². The first-order chi connectivity index (χ1) is 18.7. The maximum atomic E-state index is 14.5. The van der Waals surface area contributed by atoms with Crippen molar-refractivity contribution in [3.63, 3.8) is 0 Å². The van der Waals surface area contributed by atoms with Crippen LogP contribution in [0.5, 0.6) is 0 Å². The molecule has 0 aromatic heterocycles. The number of carbonyl (C=O) groups is 4. The van der Waals surface area contributed by atoms with Crippen LogP contribution in [0, 0.1) is 40.4 Å². The van der Waals surface area contributed by atoms with Crippen molar-refractivity contribution >= 4 is 23.5 Å². The molecule has 12 heteroatoms. The minimum Gasteiger partial charge on any atom is -0.462 e. The van der Waals surface area contributed by atoms with Crippen LogP contribution in [0.1, 0.15) is 53.9 Å². The Morgan fingerprint density at radius 1 is 1.02 bits per heavy atom. The van der Waals surface area contributed by atoms with Gasteiger partial charge in [0.05, 0.1) is 6.61 Å². The number of Topliss-reactive ketones (excluding diaryl/α,β-unsaturated/α-hetero) is 2. The smallest absolute Gasteiger partial charge is 0.306 e. The fourth-order valence-corrected chi connectivity index (χ4v) is 8.91. The second-order valence-electron chi connectivity index (χ2n) is 12.9. The van der Waals surface area contributed by atoms with E-state index in [1.165, 1.54) is 6.92 Å². The zero-order valence-corrected chi connectivity index (χ0v) is 23.4. The molecule has 0 aromatic carbocycles. The van der Waals surface area contributed by atoms with E-state index in [1.54, 1.807) is 13.8 Å². The van der Waals surface area contributed by atoms with Crippen molar-refractivity contribution in [2.45, 2.75) is 103 Å². The van der Waals surface area contributed by atoms with Gasteiger partial charge in [0.2, 0.25) is 0 Å². The first-order valence-electron chi connectivity index (χ1n) is 14.1. The number of rotatable bonds is 4. The molecule has 15 atom stereocenters. The lowest BCUT2D eigenvalue weighted by Gasteiger charge is -2.67. The number of carbonyl (C=O) groups excluding carboxylic acids is 4. The van der Waals surface area contributed by atoms with Crippen LogP contribution in [0.4, 0.5) is 0 Å². The van der Waals surface area contributed by atoms with Crippen molar-refractivity contribution in [3.05, 3.63) is 0 Å². The number of ketones is 2. The van der Waals surface area contributed by atoms with Crippen molar-refractivity contribution in [3.8, 4) is 0 Å². The van der Waals surface area contributed by atoms with Gasteiger partial charge in [-0.25, -0.2) is 0 Å². The van der Waals surface area contributed by atoms with Crippen LogP contribution in [0.2, 0.25) is 0 Å². The molecule has 2 aliphatic heterocycles. The van der Waals surface area contributed by atoms with Gasteiger partial charge in [0.15, 0.2) is 24.0 Å². The molecule has 3 aliphatic carbocycles. The van der Waals surface area contributed by atoms with Crippen molar-refractivity contribution in [1.29, 1.82) is 0 Å². The lowest BCUT2D eigenvalue weighted by molar-refractivity contribution is -0.315. The summed E-state index contributed by atoms with van der Waals surface area (Å²) < 4.78 is 23.1. The Bertz CT molecular complexity index is 1080. The Labute approximate surface area is 232 Å². The molecule has 0 radical (unpaired) electrons. The molecular weight excluding hydrogens is 528 g/mol. The maximum Gasteiger partial charge on any atom is 0.306 e. The standard InChI is InChI=1S/C28H40O12/c1-10-6-15(38-26-22(35)21(34)20(33)16(9-29)39-26)25(36)28(5)13(10)7-17-27(4)14(8-18(31)40-17)11(2)19(32)23(24(27)28)37-12(3)30/h10-11,13-17,20-24,26,29,33-35H,6-9H2,1-5H3/t10-,11-,13+,14+,15+,16-,17-,20-,21-,22-,23-,24+,26+,27-,28+/m1/s1. The molecule has 5 fully saturated rings. The van der Waals surface area contributed by atoms with E-state index in [0.29, 0.717) is 6.42 Å². The predicted octanol–water partition coefficient (Wildman–Crippen LogP) is -0.489. The summed E-state index contributed by atoms with van der Waals surface area (Å²) in [5, 5.41) is 40.5. The largest absolute Gasteiger partial charge is 0.462 e. The van der Waals surface area contributed by atoms with Crippen LogP contribution in [0.25, 0.3) is 0 Å². The van der Waals surface area contributed by atoms with Crippen molar-refractivity contribution in [1.82, 2.24) is 0 Å². The molecule has 2 saturated heterocycles. The highest BCUT2D eigenvalue weighted by molar-refractivity contribution is 5.95. The molecule has 12 nitrogen and oxygen atoms in total. The van der Waals surface area contributed by atoms with Gasteiger partial charge in [0, 0.05) is 36.0 Å². The van der Waals surface area contributed by atoms with Gasteiger partial charge in [0.1, 0.15) is 36.6 Å². The monoisotopic (exact) mass is 568 g/mol. The first-order valence-corrected chi connectivity index (χ1v) is 14.1. The van der Waals surface area contributed by atoms with Gasteiger partial charge in [0.25, 0.3) is 0 Å².